The van der Waals surface area contributed by atoms with E-state index in [1.807, 2.05) is 77.5 Å². The van der Waals surface area contributed by atoms with Crippen LogP contribution in [0.4, 0.5) is 0 Å². The highest BCUT2D eigenvalue weighted by Gasteiger charge is 2.24. The van der Waals surface area contributed by atoms with Crippen LogP contribution < -0.4 is 4.57 Å². The third-order valence-electron chi connectivity index (χ3n) is 12.5. The molecule has 0 spiro atoms. The van der Waals surface area contributed by atoms with Gasteiger partial charge in [0, 0.05) is 22.7 Å². The van der Waals surface area contributed by atoms with Gasteiger partial charge in [0.15, 0.2) is 0 Å². The van der Waals surface area contributed by atoms with Gasteiger partial charge in [0.05, 0.1) is 69.2 Å². The van der Waals surface area contributed by atoms with E-state index in [4.69, 9.17) is 23.7 Å². The SMILES string of the molecule is [2H]c1c([2H])c([2H])c(-c2cccc(-c3c([2H])c([2H])c([2H])c([2H])c3[2H])c2-[n+]2[c-]n(-c3cccc(-n4c5cc6c(cc5n5c7ccccc7nc45)c4ccccc4n6-c4cc(C(C)(C)C)ccn4)c3)c3ccccc32)c([2H])c1[2H]. The van der Waals surface area contributed by atoms with Crippen molar-refractivity contribution in [3.63, 3.8) is 0 Å². The maximum Gasteiger partial charge on any atom is 0.269 e. The van der Waals surface area contributed by atoms with Crippen molar-refractivity contribution in [1.29, 1.82) is 0 Å². The molecule has 0 aliphatic carbocycles. The molecule has 5 aromatic heterocycles. The molecule has 7 heteroatoms. The first kappa shape index (κ1) is 29.0. The van der Waals surface area contributed by atoms with Gasteiger partial charge in [-0.3, -0.25) is 22.7 Å². The van der Waals surface area contributed by atoms with E-state index >= 15 is 0 Å². The molecular weight excluding hydrogens is 807 g/mol. The van der Waals surface area contributed by atoms with Gasteiger partial charge in [0.25, 0.3) is 6.33 Å². The van der Waals surface area contributed by atoms with Crippen LogP contribution in [0.5, 0.6) is 0 Å². The summed E-state index contributed by atoms with van der Waals surface area (Å²) in [7, 11) is 0. The first-order chi connectivity index (χ1) is 36.5. The van der Waals surface area contributed by atoms with Crippen LogP contribution in [-0.4, -0.2) is 28.1 Å². The average Bonchev–Trinajstić information content (AvgIpc) is 4.20. The van der Waals surface area contributed by atoms with Gasteiger partial charge in [0.2, 0.25) is 5.78 Å². The number of imidazole rings is 3. The fourth-order valence-corrected chi connectivity index (χ4v) is 9.51. The molecular formula is C59H43N7. The van der Waals surface area contributed by atoms with Crippen LogP contribution in [-0.2, 0) is 5.41 Å². The van der Waals surface area contributed by atoms with Gasteiger partial charge in [-0.2, -0.15) is 0 Å². The Morgan fingerprint density at radius 3 is 1.97 bits per heavy atom. The Balaban J connectivity index is 1.09. The second-order valence-corrected chi connectivity index (χ2v) is 17.4. The number of pyridine rings is 1. The largest absolute Gasteiger partial charge is 0.294 e. The topological polar surface area (TPSA) is 48.9 Å². The van der Waals surface area contributed by atoms with Crippen molar-refractivity contribution < 1.29 is 18.3 Å². The summed E-state index contributed by atoms with van der Waals surface area (Å²) >= 11 is 0. The summed E-state index contributed by atoms with van der Waals surface area (Å²) in [6.45, 7) is 6.59. The molecule has 0 saturated carbocycles. The molecule has 0 atom stereocenters. The third-order valence-corrected chi connectivity index (χ3v) is 12.5. The summed E-state index contributed by atoms with van der Waals surface area (Å²) in [5.74, 6) is 1.50. The van der Waals surface area contributed by atoms with Gasteiger partial charge in [-0.25, -0.2) is 9.97 Å². The lowest BCUT2D eigenvalue weighted by Gasteiger charge is -2.20. The van der Waals surface area contributed by atoms with E-state index in [9.17, 15) is 0 Å². The minimum atomic E-state index is -0.566. The number of fused-ring (bicyclic) bond motifs is 9. The van der Waals surface area contributed by atoms with Crippen LogP contribution in [0.1, 0.15) is 40.0 Å². The molecule has 7 nitrogen and oxygen atoms in total. The highest BCUT2D eigenvalue weighted by Crippen LogP contribution is 2.39. The quantitative estimate of drug-likeness (QED) is 0.124. The molecule has 0 aliphatic rings. The molecule has 0 bridgehead atoms. The minimum Gasteiger partial charge on any atom is -0.294 e. The van der Waals surface area contributed by atoms with E-state index < -0.39 is 60.4 Å². The maximum atomic E-state index is 9.12. The molecule has 13 aromatic rings. The number of aromatic nitrogens is 7. The van der Waals surface area contributed by atoms with Gasteiger partial charge < -0.3 is 0 Å². The van der Waals surface area contributed by atoms with Crippen LogP contribution in [0.2, 0.25) is 0 Å². The Morgan fingerprint density at radius 2 is 1.21 bits per heavy atom. The second kappa shape index (κ2) is 14.5. The number of nitrogens with zero attached hydrogens (tertiary/aromatic N) is 7. The summed E-state index contributed by atoms with van der Waals surface area (Å²) in [5, 5.41) is 2.14. The van der Waals surface area contributed by atoms with Crippen molar-refractivity contribution >= 4 is 60.7 Å². The Labute approximate surface area is 395 Å². The Morgan fingerprint density at radius 1 is 0.545 bits per heavy atom. The first-order valence-electron chi connectivity index (χ1n) is 26.7. The molecule has 0 N–H and O–H groups in total. The molecule has 8 aromatic carbocycles. The molecule has 13 rings (SSSR count). The van der Waals surface area contributed by atoms with Gasteiger partial charge >= 0.3 is 0 Å². The van der Waals surface area contributed by atoms with Crippen molar-refractivity contribution in [3.8, 4) is 45.1 Å². The first-order valence-corrected chi connectivity index (χ1v) is 21.7. The van der Waals surface area contributed by atoms with E-state index in [-0.39, 0.29) is 33.4 Å². The summed E-state index contributed by atoms with van der Waals surface area (Å²) in [6, 6.07) is 40.2. The van der Waals surface area contributed by atoms with Crippen molar-refractivity contribution in [3.05, 3.63) is 218 Å². The zero-order valence-electron chi connectivity index (χ0n) is 46.0. The monoisotopic (exact) mass is 859 g/mol. The van der Waals surface area contributed by atoms with Crippen molar-refractivity contribution in [2.24, 2.45) is 0 Å². The van der Waals surface area contributed by atoms with Crippen molar-refractivity contribution in [2.75, 3.05) is 0 Å². The molecule has 0 saturated heterocycles. The maximum absolute atomic E-state index is 9.12. The molecule has 0 radical (unpaired) electrons. The number of hydrogen-bond donors (Lipinski definition) is 0. The third kappa shape index (κ3) is 5.79. The van der Waals surface area contributed by atoms with Crippen LogP contribution in [0, 0.1) is 6.33 Å². The molecule has 0 unspecified atom stereocenters. The van der Waals surface area contributed by atoms with Gasteiger partial charge in [-0.15, -0.1) is 0 Å². The van der Waals surface area contributed by atoms with E-state index in [1.165, 1.54) is 0 Å². The van der Waals surface area contributed by atoms with Crippen LogP contribution in [0.3, 0.4) is 0 Å². The second-order valence-electron chi connectivity index (χ2n) is 17.4. The van der Waals surface area contributed by atoms with E-state index in [1.54, 1.807) is 22.8 Å². The summed E-state index contributed by atoms with van der Waals surface area (Å²) in [6.07, 6.45) is 5.41. The summed E-state index contributed by atoms with van der Waals surface area (Å²) in [4.78, 5) is 10.2. The van der Waals surface area contributed by atoms with E-state index in [2.05, 4.69) is 95.2 Å². The Kier molecular flexibility index (Phi) is 6.37. The Bertz CT molecular complexity index is 4510. The summed E-state index contributed by atoms with van der Waals surface area (Å²) in [5.41, 5.74) is 9.57. The number of rotatable bonds is 6. The average molecular weight is 860 g/mol. The molecule has 66 heavy (non-hydrogen) atoms. The minimum absolute atomic E-state index is 0.113. The zero-order valence-corrected chi connectivity index (χ0v) is 36.0. The Hall–Kier alpha value is -8.55. The fraction of sp³-hybridized carbons (Fsp3) is 0.0678. The number of benzene rings is 8. The molecule has 0 aliphatic heterocycles. The molecule has 5 heterocycles. The van der Waals surface area contributed by atoms with E-state index in [0.29, 0.717) is 22.5 Å². The lowest BCUT2D eigenvalue weighted by molar-refractivity contribution is -0.571. The normalized spacial score (nSPS) is 14.3. The van der Waals surface area contributed by atoms with Crippen molar-refractivity contribution in [2.45, 2.75) is 26.2 Å². The highest BCUT2D eigenvalue weighted by molar-refractivity contribution is 6.13. The zero-order chi connectivity index (χ0) is 52.8. The lowest BCUT2D eigenvalue weighted by Crippen LogP contribution is -2.31. The molecule has 0 amide bonds. The molecule has 0 fully saturated rings. The van der Waals surface area contributed by atoms with Gasteiger partial charge in [-0.1, -0.05) is 160 Å². The number of hydrogen-bond acceptors (Lipinski definition) is 2. The summed E-state index contributed by atoms with van der Waals surface area (Å²) < 4.78 is 98.1. The highest BCUT2D eigenvalue weighted by atomic mass is 15.2. The lowest BCUT2D eigenvalue weighted by atomic mass is 9.88. The predicted octanol–water partition coefficient (Wildman–Crippen LogP) is 13.6. The molecule has 314 valence electrons. The number of para-hydroxylation sites is 6. The van der Waals surface area contributed by atoms with Crippen LogP contribution in [0.15, 0.2) is 206 Å². The van der Waals surface area contributed by atoms with Crippen LogP contribution in [0.25, 0.3) is 106 Å². The predicted molar refractivity (Wildman–Crippen MR) is 268 cm³/mol. The van der Waals surface area contributed by atoms with Gasteiger partial charge in [0.1, 0.15) is 5.82 Å². The van der Waals surface area contributed by atoms with E-state index in [0.717, 1.165) is 60.9 Å². The fourth-order valence-electron chi connectivity index (χ4n) is 9.51. The van der Waals surface area contributed by atoms with Crippen molar-refractivity contribution in [1.82, 2.24) is 28.1 Å². The smallest absolute Gasteiger partial charge is 0.269 e. The standard InChI is InChI=1S/C59H43N7/c1-59(2,3)41-32-33-60-56(34-41)65-49-28-12-10-24-46(49)47-36-54-55(37-53(47)65)64(58-61-48-27-11-13-29-50(48)66(54)58)43-23-16-22-42(35-43)62-38-63(52-31-15-14-30-51(52)62)57-44(39-18-6-4-7-19-39)25-17-26-45(57)40-20-8-5-9-21-40/h4-37H,1-3H3/i4D,5D,6D,7D,8D,9D,18D,19D,20D,21D. The van der Waals surface area contributed by atoms with Crippen LogP contribution >= 0.6 is 0 Å². The van der Waals surface area contributed by atoms with Gasteiger partial charge in [-0.05, 0) is 93.9 Å².